The summed E-state index contributed by atoms with van der Waals surface area (Å²) in [5.41, 5.74) is -0.207. The van der Waals surface area contributed by atoms with Gasteiger partial charge in [-0.25, -0.2) is 0 Å². The van der Waals surface area contributed by atoms with Crippen molar-refractivity contribution in [2.45, 2.75) is 20.3 Å². The molecule has 7 nitrogen and oxygen atoms in total. The molecule has 2 rings (SSSR count). The maximum atomic E-state index is 12.3. The zero-order valence-corrected chi connectivity index (χ0v) is 12.7. The Morgan fingerprint density at radius 1 is 1.57 bits per heavy atom. The topological polar surface area (TPSA) is 92.9 Å². The molecule has 0 bridgehead atoms. The normalized spacial score (nSPS) is 11.0. The average Bonchev–Trinajstić information content (AvgIpc) is 2.80. The van der Waals surface area contributed by atoms with Crippen LogP contribution in [-0.4, -0.2) is 40.2 Å². The Morgan fingerprint density at radius 3 is 3.05 bits per heavy atom. The SMILES string of the molecule is CCOCCCNC(=O)c1c(O)nc2scc(C)n2c1=O. The van der Waals surface area contributed by atoms with Crippen LogP contribution in [0.1, 0.15) is 29.4 Å². The second-order valence-electron chi connectivity index (χ2n) is 4.42. The maximum absolute atomic E-state index is 12.3. The van der Waals surface area contributed by atoms with E-state index in [1.807, 2.05) is 6.92 Å². The number of ether oxygens (including phenoxy) is 1. The second-order valence-corrected chi connectivity index (χ2v) is 5.25. The molecule has 0 aliphatic rings. The molecule has 0 saturated heterocycles. The highest BCUT2D eigenvalue weighted by Gasteiger charge is 2.20. The molecule has 0 fully saturated rings. The molecule has 0 saturated carbocycles. The Balaban J connectivity index is 2.19. The van der Waals surface area contributed by atoms with Gasteiger partial charge in [-0.2, -0.15) is 4.98 Å². The first kappa shape index (κ1) is 15.5. The number of nitrogens with zero attached hydrogens (tertiary/aromatic N) is 2. The Morgan fingerprint density at radius 2 is 2.33 bits per heavy atom. The Hall–Kier alpha value is -1.93. The van der Waals surface area contributed by atoms with Gasteiger partial charge >= 0.3 is 0 Å². The van der Waals surface area contributed by atoms with Crippen molar-refractivity contribution >= 4 is 22.2 Å². The van der Waals surface area contributed by atoms with Gasteiger partial charge in [-0.3, -0.25) is 14.0 Å². The lowest BCUT2D eigenvalue weighted by atomic mass is 10.3. The molecule has 0 unspecified atom stereocenters. The highest BCUT2D eigenvalue weighted by molar-refractivity contribution is 7.15. The van der Waals surface area contributed by atoms with E-state index in [0.29, 0.717) is 36.8 Å². The number of carbonyl (C=O) groups is 1. The van der Waals surface area contributed by atoms with Crippen LogP contribution in [0, 0.1) is 6.92 Å². The molecule has 1 amide bonds. The van der Waals surface area contributed by atoms with Gasteiger partial charge in [-0.05, 0) is 20.3 Å². The number of thiazole rings is 1. The summed E-state index contributed by atoms with van der Waals surface area (Å²) in [5, 5.41) is 14.1. The van der Waals surface area contributed by atoms with E-state index in [-0.39, 0.29) is 5.56 Å². The van der Waals surface area contributed by atoms with E-state index in [2.05, 4.69) is 10.3 Å². The van der Waals surface area contributed by atoms with Crippen LogP contribution < -0.4 is 10.9 Å². The molecule has 8 heteroatoms. The molecule has 0 aliphatic heterocycles. The fraction of sp³-hybridized carbons (Fsp3) is 0.462. The average molecular weight is 311 g/mol. The van der Waals surface area contributed by atoms with Crippen molar-refractivity contribution in [3.63, 3.8) is 0 Å². The van der Waals surface area contributed by atoms with Gasteiger partial charge in [0.25, 0.3) is 11.5 Å². The molecular formula is C13H17N3O4S. The number of amides is 1. The van der Waals surface area contributed by atoms with Crippen molar-refractivity contribution in [3.8, 4) is 5.88 Å². The molecule has 0 aromatic carbocycles. The van der Waals surface area contributed by atoms with Crippen LogP contribution in [0.5, 0.6) is 5.88 Å². The molecule has 0 radical (unpaired) electrons. The van der Waals surface area contributed by atoms with E-state index >= 15 is 0 Å². The zero-order chi connectivity index (χ0) is 15.4. The fourth-order valence-electron chi connectivity index (χ4n) is 1.88. The summed E-state index contributed by atoms with van der Waals surface area (Å²) in [6.45, 7) is 5.15. The van der Waals surface area contributed by atoms with Crippen LogP contribution >= 0.6 is 11.3 Å². The molecule has 0 aliphatic carbocycles. The fourth-order valence-corrected chi connectivity index (χ4v) is 2.73. The van der Waals surface area contributed by atoms with Crippen LogP contribution in [-0.2, 0) is 4.74 Å². The number of hydrogen-bond donors (Lipinski definition) is 2. The van der Waals surface area contributed by atoms with Gasteiger partial charge in [0.05, 0.1) is 0 Å². The first-order valence-electron chi connectivity index (χ1n) is 6.62. The molecule has 21 heavy (non-hydrogen) atoms. The van der Waals surface area contributed by atoms with Gasteiger partial charge in [0.2, 0.25) is 5.88 Å². The van der Waals surface area contributed by atoms with Crippen molar-refractivity contribution in [2.24, 2.45) is 0 Å². The Labute approximate surface area is 125 Å². The van der Waals surface area contributed by atoms with Gasteiger partial charge in [-0.1, -0.05) is 0 Å². The predicted molar refractivity (Wildman–Crippen MR) is 79.2 cm³/mol. The molecule has 0 spiro atoms. The van der Waals surface area contributed by atoms with E-state index in [0.717, 1.165) is 0 Å². The predicted octanol–water partition coefficient (Wildman–Crippen LogP) is 0.926. The summed E-state index contributed by atoms with van der Waals surface area (Å²) in [4.78, 5) is 28.6. The van der Waals surface area contributed by atoms with E-state index < -0.39 is 17.3 Å². The maximum Gasteiger partial charge on any atom is 0.275 e. The van der Waals surface area contributed by atoms with Crippen molar-refractivity contribution < 1.29 is 14.6 Å². The molecule has 0 atom stereocenters. The van der Waals surface area contributed by atoms with E-state index in [9.17, 15) is 14.7 Å². The van der Waals surface area contributed by atoms with Crippen molar-refractivity contribution in [1.82, 2.24) is 14.7 Å². The van der Waals surface area contributed by atoms with Crippen LogP contribution in [0.2, 0.25) is 0 Å². The summed E-state index contributed by atoms with van der Waals surface area (Å²) in [5.74, 6) is -1.16. The van der Waals surface area contributed by atoms with Crippen LogP contribution in [0.3, 0.4) is 0 Å². The van der Waals surface area contributed by atoms with E-state index in [4.69, 9.17) is 4.74 Å². The van der Waals surface area contributed by atoms with Crippen LogP contribution in [0.4, 0.5) is 0 Å². The highest BCUT2D eigenvalue weighted by Crippen LogP contribution is 2.17. The molecule has 2 aromatic rings. The minimum absolute atomic E-state index is 0.328. The Kier molecular flexibility index (Phi) is 4.92. The van der Waals surface area contributed by atoms with Crippen LogP contribution in [0.25, 0.3) is 4.96 Å². The third kappa shape index (κ3) is 3.22. The van der Waals surface area contributed by atoms with E-state index in [1.165, 1.54) is 15.7 Å². The number of carbonyl (C=O) groups excluding carboxylic acids is 1. The molecular weight excluding hydrogens is 294 g/mol. The number of aromatic nitrogens is 2. The lowest BCUT2D eigenvalue weighted by molar-refractivity contribution is 0.0939. The highest BCUT2D eigenvalue weighted by atomic mass is 32.1. The molecule has 114 valence electrons. The summed E-state index contributed by atoms with van der Waals surface area (Å²) in [7, 11) is 0. The third-order valence-corrected chi connectivity index (χ3v) is 3.85. The van der Waals surface area contributed by atoms with Crippen molar-refractivity contribution in [3.05, 3.63) is 27.0 Å². The minimum Gasteiger partial charge on any atom is -0.492 e. The number of nitrogens with one attached hydrogen (secondary N) is 1. The minimum atomic E-state index is -0.624. The first-order valence-corrected chi connectivity index (χ1v) is 7.50. The molecule has 2 heterocycles. The van der Waals surface area contributed by atoms with Crippen molar-refractivity contribution in [2.75, 3.05) is 19.8 Å². The van der Waals surface area contributed by atoms with Crippen LogP contribution in [0.15, 0.2) is 10.2 Å². The first-order chi connectivity index (χ1) is 10.1. The standard InChI is InChI=1S/C13H17N3O4S/c1-3-20-6-4-5-14-10(17)9-11(18)15-13-16(12(9)19)8(2)7-21-13/h7,18H,3-6H2,1-2H3,(H,14,17). The van der Waals surface area contributed by atoms with Gasteiger partial charge in [0, 0.05) is 30.8 Å². The number of rotatable bonds is 6. The monoisotopic (exact) mass is 311 g/mol. The summed E-state index contributed by atoms with van der Waals surface area (Å²) in [6, 6.07) is 0. The van der Waals surface area contributed by atoms with Crippen molar-refractivity contribution in [1.29, 1.82) is 0 Å². The second kappa shape index (κ2) is 6.68. The molecule has 2 aromatic heterocycles. The lowest BCUT2D eigenvalue weighted by Gasteiger charge is -2.07. The van der Waals surface area contributed by atoms with Gasteiger partial charge in [-0.15, -0.1) is 11.3 Å². The lowest BCUT2D eigenvalue weighted by Crippen LogP contribution is -2.32. The Bertz CT molecular complexity index is 707. The number of fused-ring (bicyclic) bond motifs is 1. The quantitative estimate of drug-likeness (QED) is 0.774. The van der Waals surface area contributed by atoms with Gasteiger partial charge in [0.15, 0.2) is 10.5 Å². The third-order valence-electron chi connectivity index (χ3n) is 2.90. The number of aryl methyl sites for hydroxylation is 1. The largest absolute Gasteiger partial charge is 0.492 e. The smallest absolute Gasteiger partial charge is 0.275 e. The summed E-state index contributed by atoms with van der Waals surface area (Å²) >= 11 is 1.23. The summed E-state index contributed by atoms with van der Waals surface area (Å²) in [6.07, 6.45) is 0.634. The summed E-state index contributed by atoms with van der Waals surface area (Å²) < 4.78 is 6.47. The van der Waals surface area contributed by atoms with E-state index in [1.54, 1.807) is 12.3 Å². The van der Waals surface area contributed by atoms with Gasteiger partial charge in [0.1, 0.15) is 0 Å². The number of aromatic hydroxyl groups is 1. The number of hydrogen-bond acceptors (Lipinski definition) is 6. The molecule has 2 N–H and O–H groups in total. The van der Waals surface area contributed by atoms with Gasteiger partial charge < -0.3 is 15.2 Å². The zero-order valence-electron chi connectivity index (χ0n) is 11.9.